The smallest absolute Gasteiger partial charge is 0.166 e. The fraction of sp³-hybridized carbons (Fsp3) is 0.385. The summed E-state index contributed by atoms with van der Waals surface area (Å²) >= 11 is 0. The summed E-state index contributed by atoms with van der Waals surface area (Å²) in [4.78, 5) is 18.5. The molecule has 0 saturated carbocycles. The average molecular weight is 432 g/mol. The van der Waals surface area contributed by atoms with Crippen LogP contribution in [0.2, 0.25) is 0 Å². The van der Waals surface area contributed by atoms with Crippen LogP contribution < -0.4 is 0 Å². The summed E-state index contributed by atoms with van der Waals surface area (Å²) in [6.45, 7) is 7.93. The second-order valence-electron chi connectivity index (χ2n) is 8.80. The summed E-state index contributed by atoms with van der Waals surface area (Å²) in [5, 5.41) is 13.5. The lowest BCUT2D eigenvalue weighted by Crippen LogP contribution is -2.58. The first kappa shape index (κ1) is 21.1. The minimum absolute atomic E-state index is 0.159. The number of ketones is 1. The summed E-state index contributed by atoms with van der Waals surface area (Å²) < 4.78 is 5.42. The predicted octanol–water partition coefficient (Wildman–Crippen LogP) is 2.94. The molecule has 0 amide bonds. The number of carbonyl (C=O) groups is 1. The van der Waals surface area contributed by atoms with Crippen LogP contribution >= 0.6 is 0 Å². The van der Waals surface area contributed by atoms with Gasteiger partial charge in [-0.05, 0) is 42.2 Å². The fourth-order valence-corrected chi connectivity index (χ4v) is 5.54. The number of aliphatic hydroxyl groups excluding tert-OH is 1. The van der Waals surface area contributed by atoms with Crippen LogP contribution in [-0.2, 0) is 16.8 Å². The van der Waals surface area contributed by atoms with Gasteiger partial charge in [0.2, 0.25) is 0 Å². The molecular formula is C26H29N3O3. The summed E-state index contributed by atoms with van der Waals surface area (Å²) in [5.41, 5.74) is 5.28. The van der Waals surface area contributed by atoms with Crippen LogP contribution in [0.25, 0.3) is 11.1 Å². The number of hydrogen-bond acceptors (Lipinski definition) is 6. The van der Waals surface area contributed by atoms with Gasteiger partial charge in [0.1, 0.15) is 11.3 Å². The number of aliphatic hydroxyl groups is 1. The first-order chi connectivity index (χ1) is 15.6. The Morgan fingerprint density at radius 3 is 2.47 bits per heavy atom. The van der Waals surface area contributed by atoms with Crippen molar-refractivity contribution in [2.45, 2.75) is 25.8 Å². The average Bonchev–Trinajstić information content (AvgIpc) is 3.30. The Morgan fingerprint density at radius 2 is 1.81 bits per heavy atom. The molecule has 3 aromatic rings. The topological polar surface area (TPSA) is 69.8 Å². The molecule has 1 unspecified atom stereocenters. The van der Waals surface area contributed by atoms with E-state index >= 15 is 0 Å². The van der Waals surface area contributed by atoms with Crippen LogP contribution in [-0.4, -0.2) is 65.2 Å². The van der Waals surface area contributed by atoms with E-state index in [2.05, 4.69) is 45.3 Å². The lowest BCUT2D eigenvalue weighted by molar-refractivity contribution is -0.128. The zero-order valence-corrected chi connectivity index (χ0v) is 18.7. The predicted molar refractivity (Wildman–Crippen MR) is 122 cm³/mol. The third-order valence-electron chi connectivity index (χ3n) is 7.03. The summed E-state index contributed by atoms with van der Waals surface area (Å²) in [6.07, 6.45) is 0.433. The van der Waals surface area contributed by atoms with Crippen molar-refractivity contribution in [3.05, 3.63) is 76.7 Å². The standard InChI is InChI=1S/C26H29N3O3/c1-18-25(19(2)32-27-18)21-9-8-20-17-24(31)26(23(20)16-21,22-6-4-3-5-7-22)29-12-10-28(11-13-29)14-15-30/h3-9,16,30H,10-15,17H2,1-2H3. The minimum Gasteiger partial charge on any atom is -0.395 e. The van der Waals surface area contributed by atoms with Crippen molar-refractivity contribution in [2.24, 2.45) is 0 Å². The Balaban J connectivity index is 1.66. The van der Waals surface area contributed by atoms with E-state index < -0.39 is 5.54 Å². The van der Waals surface area contributed by atoms with Crippen molar-refractivity contribution in [3.8, 4) is 11.1 Å². The highest BCUT2D eigenvalue weighted by Gasteiger charge is 2.52. The molecule has 2 aliphatic rings. The Bertz CT molecular complexity index is 1110. The molecule has 0 bridgehead atoms. The summed E-state index contributed by atoms with van der Waals surface area (Å²) in [7, 11) is 0. The molecule has 1 atom stereocenters. The second-order valence-corrected chi connectivity index (χ2v) is 8.80. The third-order valence-corrected chi connectivity index (χ3v) is 7.03. The molecule has 0 radical (unpaired) electrons. The number of benzene rings is 2. The maximum absolute atomic E-state index is 13.9. The fourth-order valence-electron chi connectivity index (χ4n) is 5.54. The first-order valence-electron chi connectivity index (χ1n) is 11.3. The van der Waals surface area contributed by atoms with E-state index in [1.165, 1.54) is 0 Å². The molecule has 6 nitrogen and oxygen atoms in total. The van der Waals surface area contributed by atoms with Gasteiger partial charge in [-0.3, -0.25) is 14.6 Å². The number of fused-ring (bicyclic) bond motifs is 1. The molecule has 1 aromatic heterocycles. The molecule has 1 aliphatic carbocycles. The second kappa shape index (κ2) is 8.28. The Hall–Kier alpha value is -2.80. The van der Waals surface area contributed by atoms with E-state index in [1.54, 1.807) is 0 Å². The van der Waals surface area contributed by atoms with E-state index in [4.69, 9.17) is 4.52 Å². The molecule has 5 rings (SSSR count). The van der Waals surface area contributed by atoms with Crippen molar-refractivity contribution < 1.29 is 14.4 Å². The molecule has 0 spiro atoms. The molecule has 2 heterocycles. The number of hydrogen-bond donors (Lipinski definition) is 1. The summed E-state index contributed by atoms with van der Waals surface area (Å²) in [6, 6.07) is 16.5. The molecule has 1 N–H and O–H groups in total. The Morgan fingerprint density at radius 1 is 1.06 bits per heavy atom. The molecule has 2 aromatic carbocycles. The zero-order chi connectivity index (χ0) is 22.3. The maximum Gasteiger partial charge on any atom is 0.166 e. The number of aryl methyl sites for hydroxylation is 2. The van der Waals surface area contributed by atoms with Crippen LogP contribution in [0.15, 0.2) is 53.1 Å². The SMILES string of the molecule is Cc1noc(C)c1-c1ccc2c(c1)C(c1ccccc1)(N1CCN(CCO)CC1)C(=O)C2. The molecule has 1 saturated heterocycles. The van der Waals surface area contributed by atoms with Gasteiger partial charge in [0.05, 0.1) is 12.3 Å². The van der Waals surface area contributed by atoms with Crippen molar-refractivity contribution >= 4 is 5.78 Å². The van der Waals surface area contributed by atoms with Crippen LogP contribution in [0.4, 0.5) is 0 Å². The van der Waals surface area contributed by atoms with Crippen molar-refractivity contribution in [2.75, 3.05) is 39.3 Å². The van der Waals surface area contributed by atoms with Gasteiger partial charge in [-0.2, -0.15) is 0 Å². The molecule has 1 aliphatic heterocycles. The molecular weight excluding hydrogens is 402 g/mol. The Kier molecular flexibility index (Phi) is 5.45. The zero-order valence-electron chi connectivity index (χ0n) is 18.7. The minimum atomic E-state index is -0.795. The highest BCUT2D eigenvalue weighted by atomic mass is 16.5. The lowest BCUT2D eigenvalue weighted by Gasteiger charge is -2.45. The number of β-amino-alcohol motifs (C(OH)–C–C–N with tert-alkyl or cyclic N) is 1. The monoisotopic (exact) mass is 431 g/mol. The van der Waals surface area contributed by atoms with E-state index in [0.29, 0.717) is 13.0 Å². The normalized spacial score (nSPS) is 21.8. The van der Waals surface area contributed by atoms with Crippen LogP contribution in [0.5, 0.6) is 0 Å². The van der Waals surface area contributed by atoms with E-state index in [0.717, 1.165) is 65.5 Å². The van der Waals surface area contributed by atoms with Gasteiger partial charge in [-0.25, -0.2) is 0 Å². The highest BCUT2D eigenvalue weighted by molar-refractivity contribution is 6.00. The largest absolute Gasteiger partial charge is 0.395 e. The van der Waals surface area contributed by atoms with Gasteiger partial charge in [-0.1, -0.05) is 47.6 Å². The summed E-state index contributed by atoms with van der Waals surface area (Å²) in [5.74, 6) is 1.01. The van der Waals surface area contributed by atoms with E-state index in [1.807, 2.05) is 32.0 Å². The highest BCUT2D eigenvalue weighted by Crippen LogP contribution is 2.46. The Labute approximate surface area is 188 Å². The molecule has 6 heteroatoms. The molecule has 1 fully saturated rings. The van der Waals surface area contributed by atoms with Gasteiger partial charge in [-0.15, -0.1) is 0 Å². The molecule has 166 valence electrons. The van der Waals surface area contributed by atoms with Crippen LogP contribution in [0.1, 0.15) is 28.1 Å². The first-order valence-corrected chi connectivity index (χ1v) is 11.3. The van der Waals surface area contributed by atoms with E-state index in [9.17, 15) is 9.90 Å². The number of Topliss-reactive ketones (excluding diaryl/α,β-unsaturated/α-hetero) is 1. The lowest BCUT2D eigenvalue weighted by atomic mass is 9.80. The van der Waals surface area contributed by atoms with Crippen molar-refractivity contribution in [3.63, 3.8) is 0 Å². The van der Waals surface area contributed by atoms with Crippen molar-refractivity contribution in [1.82, 2.24) is 15.0 Å². The van der Waals surface area contributed by atoms with Gasteiger partial charge in [0.15, 0.2) is 5.78 Å². The number of rotatable bonds is 5. The van der Waals surface area contributed by atoms with Crippen LogP contribution in [0, 0.1) is 13.8 Å². The van der Waals surface area contributed by atoms with Gasteiger partial charge in [0, 0.05) is 44.7 Å². The maximum atomic E-state index is 13.9. The van der Waals surface area contributed by atoms with E-state index in [-0.39, 0.29) is 12.4 Å². The number of piperazine rings is 1. The van der Waals surface area contributed by atoms with Gasteiger partial charge >= 0.3 is 0 Å². The van der Waals surface area contributed by atoms with Crippen molar-refractivity contribution in [1.29, 1.82) is 0 Å². The van der Waals surface area contributed by atoms with Gasteiger partial charge < -0.3 is 9.63 Å². The van der Waals surface area contributed by atoms with Crippen LogP contribution in [0.3, 0.4) is 0 Å². The molecule has 32 heavy (non-hydrogen) atoms. The number of aromatic nitrogens is 1. The number of carbonyl (C=O) groups excluding carboxylic acids is 1. The third kappa shape index (κ3) is 3.22. The van der Waals surface area contributed by atoms with Gasteiger partial charge in [0.25, 0.3) is 0 Å². The quantitative estimate of drug-likeness (QED) is 0.670. The number of nitrogens with zero attached hydrogens (tertiary/aromatic N) is 3.